The van der Waals surface area contributed by atoms with Crippen molar-refractivity contribution in [1.82, 2.24) is 14.2 Å². The topological polar surface area (TPSA) is 99.8 Å². The standard InChI is InChI=1S/C23H25N3O5S2/c1-17-22(32-23(28)24-17)33(29,30)26-13-11-25(12-14-26)21(27)16-31-20-10-6-5-9-19(20)15-18-7-3-2-4-8-18/h2-10H,11-16H2,1H3,(H,24,28). The van der Waals surface area contributed by atoms with E-state index in [1.165, 1.54) is 4.31 Å². The normalized spacial score (nSPS) is 14.9. The van der Waals surface area contributed by atoms with E-state index in [4.69, 9.17) is 4.74 Å². The molecule has 0 atom stereocenters. The van der Waals surface area contributed by atoms with E-state index in [0.29, 0.717) is 29.2 Å². The zero-order valence-electron chi connectivity index (χ0n) is 18.2. The average molecular weight is 488 g/mol. The number of aromatic amines is 1. The molecule has 0 spiro atoms. The summed E-state index contributed by atoms with van der Waals surface area (Å²) in [5, 5.41) is 0. The van der Waals surface area contributed by atoms with Crippen LogP contribution in [-0.4, -0.2) is 61.3 Å². The molecule has 1 aromatic heterocycles. The number of carbonyl (C=O) groups is 1. The highest BCUT2D eigenvalue weighted by Gasteiger charge is 2.32. The molecule has 1 amide bonds. The lowest BCUT2D eigenvalue weighted by molar-refractivity contribution is -0.134. The molecule has 1 aliphatic rings. The first-order valence-corrected chi connectivity index (χ1v) is 12.8. The second-order valence-electron chi connectivity index (χ2n) is 7.77. The number of aromatic nitrogens is 1. The number of nitrogens with zero attached hydrogens (tertiary/aromatic N) is 2. The van der Waals surface area contributed by atoms with E-state index in [2.05, 4.69) is 4.98 Å². The largest absolute Gasteiger partial charge is 0.483 e. The molecule has 0 radical (unpaired) electrons. The number of ether oxygens (including phenoxy) is 1. The van der Waals surface area contributed by atoms with Gasteiger partial charge in [-0.25, -0.2) is 8.42 Å². The summed E-state index contributed by atoms with van der Waals surface area (Å²) in [5.74, 6) is 0.470. The number of carbonyl (C=O) groups excluding carboxylic acids is 1. The maximum absolute atomic E-state index is 12.8. The van der Waals surface area contributed by atoms with Crippen LogP contribution in [0.5, 0.6) is 5.75 Å². The SMILES string of the molecule is Cc1[nH]c(=O)sc1S(=O)(=O)N1CCN(C(=O)COc2ccccc2Cc2ccccc2)CC1. The van der Waals surface area contributed by atoms with Crippen molar-refractivity contribution in [1.29, 1.82) is 0 Å². The van der Waals surface area contributed by atoms with E-state index in [9.17, 15) is 18.0 Å². The van der Waals surface area contributed by atoms with Crippen molar-refractivity contribution in [3.05, 3.63) is 81.1 Å². The lowest BCUT2D eigenvalue weighted by Crippen LogP contribution is -2.51. The third-order valence-electron chi connectivity index (χ3n) is 5.51. The molecular weight excluding hydrogens is 462 g/mol. The molecule has 1 saturated heterocycles. The lowest BCUT2D eigenvalue weighted by atomic mass is 10.0. The Balaban J connectivity index is 1.34. The molecule has 1 N–H and O–H groups in total. The van der Waals surface area contributed by atoms with Crippen LogP contribution in [0.2, 0.25) is 0 Å². The highest BCUT2D eigenvalue weighted by atomic mass is 32.2. The monoisotopic (exact) mass is 487 g/mol. The predicted molar refractivity (Wildman–Crippen MR) is 126 cm³/mol. The van der Waals surface area contributed by atoms with Gasteiger partial charge in [-0.15, -0.1) is 0 Å². The maximum atomic E-state index is 12.8. The van der Waals surface area contributed by atoms with Gasteiger partial charge < -0.3 is 14.6 Å². The molecule has 33 heavy (non-hydrogen) atoms. The molecule has 0 saturated carbocycles. The number of benzene rings is 2. The molecule has 1 fully saturated rings. The number of thiazole rings is 1. The Morgan fingerprint density at radius 2 is 1.70 bits per heavy atom. The van der Waals surface area contributed by atoms with Crippen LogP contribution in [0.4, 0.5) is 0 Å². The number of hydrogen-bond donors (Lipinski definition) is 1. The summed E-state index contributed by atoms with van der Waals surface area (Å²) < 4.78 is 32.9. The first-order valence-electron chi connectivity index (χ1n) is 10.6. The number of rotatable bonds is 7. The number of aryl methyl sites for hydroxylation is 1. The second-order valence-corrected chi connectivity index (χ2v) is 10.9. The van der Waals surface area contributed by atoms with Crippen molar-refractivity contribution < 1.29 is 17.9 Å². The average Bonchev–Trinajstić information content (AvgIpc) is 3.17. The number of piperazine rings is 1. The number of amides is 1. The van der Waals surface area contributed by atoms with Gasteiger partial charge in [0.15, 0.2) is 10.8 Å². The summed E-state index contributed by atoms with van der Waals surface area (Å²) in [6, 6.07) is 17.7. The molecule has 174 valence electrons. The predicted octanol–water partition coefficient (Wildman–Crippen LogP) is 2.25. The summed E-state index contributed by atoms with van der Waals surface area (Å²) in [7, 11) is -3.76. The summed E-state index contributed by atoms with van der Waals surface area (Å²) in [5.41, 5.74) is 2.49. The van der Waals surface area contributed by atoms with Crippen molar-refractivity contribution in [3.8, 4) is 5.75 Å². The number of sulfonamides is 1. The van der Waals surface area contributed by atoms with Crippen LogP contribution in [0, 0.1) is 6.92 Å². The van der Waals surface area contributed by atoms with Crippen molar-refractivity contribution in [3.63, 3.8) is 0 Å². The van der Waals surface area contributed by atoms with Gasteiger partial charge in [0.2, 0.25) is 0 Å². The van der Waals surface area contributed by atoms with Gasteiger partial charge in [-0.2, -0.15) is 4.31 Å². The maximum Gasteiger partial charge on any atom is 0.305 e. The van der Waals surface area contributed by atoms with Crippen LogP contribution in [0.15, 0.2) is 63.6 Å². The van der Waals surface area contributed by atoms with Crippen LogP contribution >= 0.6 is 11.3 Å². The van der Waals surface area contributed by atoms with Gasteiger partial charge in [-0.1, -0.05) is 59.9 Å². The molecule has 0 unspecified atom stereocenters. The number of para-hydroxylation sites is 1. The Morgan fingerprint density at radius 3 is 2.36 bits per heavy atom. The second kappa shape index (κ2) is 9.90. The molecular formula is C23H25N3O5S2. The summed E-state index contributed by atoms with van der Waals surface area (Å²) in [4.78, 5) is 27.9. The lowest BCUT2D eigenvalue weighted by Gasteiger charge is -2.33. The quantitative estimate of drug-likeness (QED) is 0.551. The Hall–Kier alpha value is -2.95. The zero-order chi connectivity index (χ0) is 23.4. The first kappa shape index (κ1) is 23.2. The van der Waals surface area contributed by atoms with E-state index >= 15 is 0 Å². The zero-order valence-corrected chi connectivity index (χ0v) is 19.8. The Kier molecular flexibility index (Phi) is 6.96. The highest BCUT2D eigenvalue weighted by molar-refractivity contribution is 7.91. The summed E-state index contributed by atoms with van der Waals surface area (Å²) >= 11 is 0.688. The molecule has 1 aliphatic heterocycles. The summed E-state index contributed by atoms with van der Waals surface area (Å²) in [6.07, 6.45) is 0.701. The third-order valence-corrected chi connectivity index (χ3v) is 8.99. The minimum Gasteiger partial charge on any atom is -0.483 e. The van der Waals surface area contributed by atoms with Crippen molar-refractivity contribution >= 4 is 27.3 Å². The van der Waals surface area contributed by atoms with E-state index in [1.54, 1.807) is 11.8 Å². The highest BCUT2D eigenvalue weighted by Crippen LogP contribution is 2.23. The fourth-order valence-corrected chi connectivity index (χ4v) is 6.63. The number of nitrogens with one attached hydrogen (secondary N) is 1. The summed E-state index contributed by atoms with van der Waals surface area (Å²) in [6.45, 7) is 2.33. The van der Waals surface area contributed by atoms with Crippen molar-refractivity contribution in [2.45, 2.75) is 17.6 Å². The Morgan fingerprint density at radius 1 is 1.03 bits per heavy atom. The van der Waals surface area contributed by atoms with Crippen molar-refractivity contribution in [2.75, 3.05) is 32.8 Å². The third kappa shape index (κ3) is 5.35. The Bertz CT molecular complexity index is 1280. The van der Waals surface area contributed by atoms with Crippen LogP contribution < -0.4 is 9.61 Å². The van der Waals surface area contributed by atoms with Crippen LogP contribution in [0.25, 0.3) is 0 Å². The van der Waals surface area contributed by atoms with Gasteiger partial charge in [0, 0.05) is 38.3 Å². The minimum atomic E-state index is -3.76. The molecule has 3 aromatic rings. The van der Waals surface area contributed by atoms with Gasteiger partial charge in [0.05, 0.1) is 0 Å². The van der Waals surface area contributed by atoms with Gasteiger partial charge in [0.25, 0.3) is 15.9 Å². The van der Waals surface area contributed by atoms with Crippen LogP contribution in [-0.2, 0) is 21.2 Å². The molecule has 4 rings (SSSR count). The van der Waals surface area contributed by atoms with E-state index in [1.807, 2.05) is 54.6 Å². The molecule has 2 aromatic carbocycles. The van der Waals surface area contributed by atoms with E-state index in [0.717, 1.165) is 11.1 Å². The molecule has 0 bridgehead atoms. The fourth-order valence-electron chi connectivity index (χ4n) is 3.77. The smallest absolute Gasteiger partial charge is 0.305 e. The van der Waals surface area contributed by atoms with Gasteiger partial charge in [0.1, 0.15) is 5.75 Å². The first-order chi connectivity index (χ1) is 15.8. The Labute approximate surface area is 196 Å². The van der Waals surface area contributed by atoms with Crippen molar-refractivity contribution in [2.24, 2.45) is 0 Å². The van der Waals surface area contributed by atoms with E-state index in [-0.39, 0.29) is 42.9 Å². The van der Waals surface area contributed by atoms with Gasteiger partial charge >= 0.3 is 4.87 Å². The van der Waals surface area contributed by atoms with Crippen LogP contribution in [0.3, 0.4) is 0 Å². The molecule has 0 aliphatic carbocycles. The fraction of sp³-hybridized carbons (Fsp3) is 0.304. The minimum absolute atomic E-state index is 0.0330. The molecule has 10 heteroatoms. The van der Waals surface area contributed by atoms with Gasteiger partial charge in [-0.05, 0) is 24.1 Å². The van der Waals surface area contributed by atoms with Crippen LogP contribution in [0.1, 0.15) is 16.8 Å². The number of hydrogen-bond acceptors (Lipinski definition) is 6. The molecule has 2 heterocycles. The number of H-pyrrole nitrogens is 1. The molecule has 8 nitrogen and oxygen atoms in total. The van der Waals surface area contributed by atoms with Gasteiger partial charge in [-0.3, -0.25) is 9.59 Å². The van der Waals surface area contributed by atoms with E-state index < -0.39 is 14.9 Å².